The molecule has 82 valence electrons. The van der Waals surface area contributed by atoms with E-state index in [1.165, 1.54) is 30.4 Å². The molecule has 2 rings (SSSR count). The van der Waals surface area contributed by atoms with Crippen molar-refractivity contribution in [2.45, 2.75) is 39.2 Å². The summed E-state index contributed by atoms with van der Waals surface area (Å²) in [4.78, 5) is 4.28. The van der Waals surface area contributed by atoms with Crippen molar-refractivity contribution in [2.24, 2.45) is 5.92 Å². The molecule has 1 fully saturated rings. The molecule has 1 aliphatic carbocycles. The number of aryl methyl sites for hydroxylation is 1. The minimum absolute atomic E-state index is 0.539. The maximum Gasteiger partial charge on any atom is 0.0364 e. The number of nitrogens with zero attached hydrogens (tertiary/aromatic N) is 1. The van der Waals surface area contributed by atoms with E-state index < -0.39 is 0 Å². The van der Waals surface area contributed by atoms with Crippen molar-refractivity contribution >= 4 is 0 Å². The Balaban J connectivity index is 2.09. The van der Waals surface area contributed by atoms with E-state index in [1.54, 1.807) is 0 Å². The molecular formula is C13H20N2. The van der Waals surface area contributed by atoms with E-state index in [0.29, 0.717) is 6.04 Å². The third-order valence-corrected chi connectivity index (χ3v) is 2.96. The van der Waals surface area contributed by atoms with Crippen LogP contribution in [0.5, 0.6) is 0 Å². The van der Waals surface area contributed by atoms with Crippen molar-refractivity contribution in [1.29, 1.82) is 0 Å². The number of aromatic nitrogens is 1. The molecule has 1 unspecified atom stereocenters. The van der Waals surface area contributed by atoms with Crippen molar-refractivity contribution in [1.82, 2.24) is 10.3 Å². The van der Waals surface area contributed by atoms with Gasteiger partial charge in [0.15, 0.2) is 0 Å². The lowest BCUT2D eigenvalue weighted by molar-refractivity contribution is 0.480. The highest BCUT2D eigenvalue weighted by Crippen LogP contribution is 2.40. The molecule has 0 radical (unpaired) electrons. The van der Waals surface area contributed by atoms with Gasteiger partial charge < -0.3 is 5.32 Å². The normalized spacial score (nSPS) is 17.7. The summed E-state index contributed by atoms with van der Waals surface area (Å²) in [5.74, 6) is 0.847. The number of hydrogen-bond acceptors (Lipinski definition) is 2. The van der Waals surface area contributed by atoms with Gasteiger partial charge in [-0.25, -0.2) is 0 Å². The molecule has 15 heavy (non-hydrogen) atoms. The van der Waals surface area contributed by atoms with Gasteiger partial charge in [-0.05, 0) is 49.8 Å². The lowest BCUT2D eigenvalue weighted by atomic mass is 10.0. The molecular weight excluding hydrogens is 184 g/mol. The molecule has 0 spiro atoms. The maximum atomic E-state index is 4.28. The quantitative estimate of drug-likeness (QED) is 0.797. The summed E-state index contributed by atoms with van der Waals surface area (Å²) in [6.45, 7) is 5.43. The Morgan fingerprint density at radius 3 is 2.87 bits per heavy atom. The number of pyridine rings is 1. The minimum atomic E-state index is 0.539. The fourth-order valence-corrected chi connectivity index (χ4v) is 2.03. The molecule has 1 aromatic heterocycles. The monoisotopic (exact) mass is 204 g/mol. The Bertz CT molecular complexity index is 318. The topological polar surface area (TPSA) is 24.9 Å². The maximum absolute atomic E-state index is 4.28. The van der Waals surface area contributed by atoms with E-state index in [1.807, 2.05) is 12.4 Å². The first-order valence-electron chi connectivity index (χ1n) is 5.96. The van der Waals surface area contributed by atoms with Gasteiger partial charge in [-0.15, -0.1) is 0 Å². The Morgan fingerprint density at radius 2 is 2.27 bits per heavy atom. The van der Waals surface area contributed by atoms with Crippen LogP contribution in [0.15, 0.2) is 18.5 Å². The van der Waals surface area contributed by atoms with E-state index in [-0.39, 0.29) is 0 Å². The molecule has 1 aliphatic rings. The molecule has 0 aliphatic heterocycles. The fraction of sp³-hybridized carbons (Fsp3) is 0.615. The average Bonchev–Trinajstić information content (AvgIpc) is 3.03. The average molecular weight is 204 g/mol. The molecule has 0 bridgehead atoms. The van der Waals surface area contributed by atoms with Crippen LogP contribution in [0.3, 0.4) is 0 Å². The van der Waals surface area contributed by atoms with E-state index in [9.17, 15) is 0 Å². The van der Waals surface area contributed by atoms with Gasteiger partial charge in [0, 0.05) is 18.4 Å². The van der Waals surface area contributed by atoms with Gasteiger partial charge in [0.1, 0.15) is 0 Å². The highest BCUT2D eigenvalue weighted by Gasteiger charge is 2.31. The van der Waals surface area contributed by atoms with Gasteiger partial charge in [0.25, 0.3) is 0 Å². The molecule has 1 N–H and O–H groups in total. The van der Waals surface area contributed by atoms with Crippen LogP contribution in [0.25, 0.3) is 0 Å². The van der Waals surface area contributed by atoms with Crippen molar-refractivity contribution in [3.05, 3.63) is 29.6 Å². The minimum Gasteiger partial charge on any atom is -0.310 e. The summed E-state index contributed by atoms with van der Waals surface area (Å²) in [5, 5.41) is 3.63. The third kappa shape index (κ3) is 2.78. The lowest BCUT2D eigenvalue weighted by Gasteiger charge is -2.18. The van der Waals surface area contributed by atoms with Crippen molar-refractivity contribution in [3.8, 4) is 0 Å². The fourth-order valence-electron chi connectivity index (χ4n) is 2.03. The lowest BCUT2D eigenvalue weighted by Crippen LogP contribution is -2.24. The van der Waals surface area contributed by atoms with Crippen LogP contribution >= 0.6 is 0 Å². The molecule has 1 saturated carbocycles. The standard InChI is InChI=1S/C13H20N2/c1-3-6-15-13(11-4-5-11)12-7-10(2)8-14-9-12/h7-9,11,13,15H,3-6H2,1-2H3. The van der Waals surface area contributed by atoms with Crippen LogP contribution in [-0.4, -0.2) is 11.5 Å². The smallest absolute Gasteiger partial charge is 0.0364 e. The molecule has 1 aromatic rings. The van der Waals surface area contributed by atoms with E-state index in [0.717, 1.165) is 12.5 Å². The Labute approximate surface area is 92.1 Å². The first-order valence-corrected chi connectivity index (χ1v) is 5.96. The molecule has 0 amide bonds. The van der Waals surface area contributed by atoms with Crippen molar-refractivity contribution in [3.63, 3.8) is 0 Å². The predicted octanol–water partition coefficient (Wildman–Crippen LogP) is 2.84. The SMILES string of the molecule is CCCNC(c1cncc(C)c1)C1CC1. The number of hydrogen-bond donors (Lipinski definition) is 1. The zero-order chi connectivity index (χ0) is 10.7. The summed E-state index contributed by atoms with van der Waals surface area (Å²) >= 11 is 0. The van der Waals surface area contributed by atoms with Crippen LogP contribution in [-0.2, 0) is 0 Å². The molecule has 0 saturated heterocycles. The van der Waals surface area contributed by atoms with Gasteiger partial charge in [-0.1, -0.05) is 13.0 Å². The van der Waals surface area contributed by atoms with E-state index >= 15 is 0 Å². The number of nitrogens with one attached hydrogen (secondary N) is 1. The first kappa shape index (κ1) is 10.6. The van der Waals surface area contributed by atoms with Gasteiger partial charge in [-0.3, -0.25) is 4.98 Å². The van der Waals surface area contributed by atoms with Crippen molar-refractivity contribution in [2.75, 3.05) is 6.54 Å². The Hall–Kier alpha value is -0.890. The van der Waals surface area contributed by atoms with Gasteiger partial charge in [0.2, 0.25) is 0 Å². The van der Waals surface area contributed by atoms with Crippen LogP contribution in [0.4, 0.5) is 0 Å². The van der Waals surface area contributed by atoms with Gasteiger partial charge in [-0.2, -0.15) is 0 Å². The first-order chi connectivity index (χ1) is 7.31. The summed E-state index contributed by atoms with van der Waals surface area (Å²) in [7, 11) is 0. The van der Waals surface area contributed by atoms with Gasteiger partial charge in [0.05, 0.1) is 0 Å². The second kappa shape index (κ2) is 4.75. The zero-order valence-corrected chi connectivity index (χ0v) is 9.66. The van der Waals surface area contributed by atoms with E-state index in [4.69, 9.17) is 0 Å². The third-order valence-electron chi connectivity index (χ3n) is 2.96. The highest BCUT2D eigenvalue weighted by molar-refractivity contribution is 5.22. The zero-order valence-electron chi connectivity index (χ0n) is 9.66. The second-order valence-electron chi connectivity index (χ2n) is 4.56. The van der Waals surface area contributed by atoms with E-state index in [2.05, 4.69) is 30.2 Å². The Morgan fingerprint density at radius 1 is 1.47 bits per heavy atom. The number of rotatable bonds is 5. The summed E-state index contributed by atoms with van der Waals surface area (Å²) in [6.07, 6.45) is 7.87. The molecule has 2 nitrogen and oxygen atoms in total. The molecule has 0 aromatic carbocycles. The van der Waals surface area contributed by atoms with Crippen LogP contribution in [0.2, 0.25) is 0 Å². The summed E-state index contributed by atoms with van der Waals surface area (Å²) < 4.78 is 0. The van der Waals surface area contributed by atoms with Crippen LogP contribution in [0.1, 0.15) is 43.4 Å². The molecule has 1 heterocycles. The van der Waals surface area contributed by atoms with Crippen LogP contribution < -0.4 is 5.32 Å². The largest absolute Gasteiger partial charge is 0.310 e. The van der Waals surface area contributed by atoms with Crippen molar-refractivity contribution < 1.29 is 0 Å². The Kier molecular flexibility index (Phi) is 3.37. The van der Waals surface area contributed by atoms with Crippen LogP contribution in [0, 0.1) is 12.8 Å². The van der Waals surface area contributed by atoms with Gasteiger partial charge >= 0.3 is 0 Å². The predicted molar refractivity (Wildman–Crippen MR) is 62.7 cm³/mol. The summed E-state index contributed by atoms with van der Waals surface area (Å²) in [5.41, 5.74) is 2.63. The summed E-state index contributed by atoms with van der Waals surface area (Å²) in [6, 6.07) is 2.80. The second-order valence-corrected chi connectivity index (χ2v) is 4.56. The highest BCUT2D eigenvalue weighted by atomic mass is 14.9. The molecule has 1 atom stereocenters. The molecule has 2 heteroatoms.